The fourth-order valence-electron chi connectivity index (χ4n) is 3.56. The molecule has 0 spiro atoms. The summed E-state index contributed by atoms with van der Waals surface area (Å²) in [6.45, 7) is 5.96. The highest BCUT2D eigenvalue weighted by molar-refractivity contribution is 5.87. The quantitative estimate of drug-likeness (QED) is 0.919. The van der Waals surface area contributed by atoms with Gasteiger partial charge < -0.3 is 10.5 Å². The van der Waals surface area contributed by atoms with Crippen molar-refractivity contribution in [3.05, 3.63) is 42.4 Å². The van der Waals surface area contributed by atoms with Crippen LogP contribution in [0.15, 0.2) is 36.6 Å². The van der Waals surface area contributed by atoms with Crippen molar-refractivity contribution in [2.24, 2.45) is 0 Å². The Labute approximate surface area is 148 Å². The first-order chi connectivity index (χ1) is 12.3. The third kappa shape index (κ3) is 3.91. The molecule has 0 amide bonds. The van der Waals surface area contributed by atoms with Gasteiger partial charge in [-0.3, -0.25) is 9.80 Å². The van der Waals surface area contributed by atoms with Gasteiger partial charge in [-0.25, -0.2) is 9.97 Å². The number of piperazine rings is 1. The van der Waals surface area contributed by atoms with Gasteiger partial charge in [-0.1, -0.05) is 12.1 Å². The van der Waals surface area contributed by atoms with Gasteiger partial charge in [0, 0.05) is 38.1 Å². The molecule has 6 heteroatoms. The van der Waals surface area contributed by atoms with E-state index in [-0.39, 0.29) is 0 Å². The van der Waals surface area contributed by atoms with Crippen molar-refractivity contribution in [1.82, 2.24) is 19.8 Å². The minimum absolute atomic E-state index is 0.347. The van der Waals surface area contributed by atoms with Gasteiger partial charge in [-0.05, 0) is 31.1 Å². The smallest absolute Gasteiger partial charge is 0.145 e. The first-order valence-corrected chi connectivity index (χ1v) is 9.04. The SMILES string of the molecule is Nc1nc(CN2CCN(C[C@@H]3CCC=CO3)CC2)nc2ccccc12. The normalized spacial score (nSPS) is 22.2. The minimum atomic E-state index is 0.347. The Morgan fingerprint density at radius 2 is 1.88 bits per heavy atom. The van der Waals surface area contributed by atoms with Crippen molar-refractivity contribution in [2.75, 3.05) is 38.5 Å². The van der Waals surface area contributed by atoms with E-state index < -0.39 is 0 Å². The summed E-state index contributed by atoms with van der Waals surface area (Å²) >= 11 is 0. The van der Waals surface area contributed by atoms with Crippen molar-refractivity contribution in [1.29, 1.82) is 0 Å². The molecule has 2 N–H and O–H groups in total. The van der Waals surface area contributed by atoms with Crippen LogP contribution >= 0.6 is 0 Å². The maximum atomic E-state index is 6.09. The molecule has 1 atom stereocenters. The highest BCUT2D eigenvalue weighted by Crippen LogP contribution is 2.18. The average Bonchev–Trinajstić information content (AvgIpc) is 2.64. The van der Waals surface area contributed by atoms with Gasteiger partial charge in [0.2, 0.25) is 0 Å². The summed E-state index contributed by atoms with van der Waals surface area (Å²) in [7, 11) is 0. The zero-order valence-corrected chi connectivity index (χ0v) is 14.5. The molecule has 2 aromatic rings. The Kier molecular flexibility index (Phi) is 4.81. The van der Waals surface area contributed by atoms with Gasteiger partial charge in [0.15, 0.2) is 0 Å². The van der Waals surface area contributed by atoms with E-state index >= 15 is 0 Å². The zero-order valence-electron chi connectivity index (χ0n) is 14.5. The molecule has 0 radical (unpaired) electrons. The lowest BCUT2D eigenvalue weighted by atomic mass is 10.1. The van der Waals surface area contributed by atoms with E-state index in [0.717, 1.165) is 68.8 Å². The molecule has 3 heterocycles. The van der Waals surface area contributed by atoms with Crippen LogP contribution in [0.4, 0.5) is 5.82 Å². The summed E-state index contributed by atoms with van der Waals surface area (Å²) in [4.78, 5) is 14.1. The lowest BCUT2D eigenvalue weighted by Gasteiger charge is -2.36. The van der Waals surface area contributed by atoms with Crippen LogP contribution in [0.2, 0.25) is 0 Å². The average molecular weight is 339 g/mol. The Morgan fingerprint density at radius 3 is 2.68 bits per heavy atom. The van der Waals surface area contributed by atoms with Crippen LogP contribution in [0.5, 0.6) is 0 Å². The van der Waals surface area contributed by atoms with Gasteiger partial charge in [-0.15, -0.1) is 0 Å². The number of rotatable bonds is 4. The van der Waals surface area contributed by atoms with Gasteiger partial charge in [0.25, 0.3) is 0 Å². The number of nitrogens with two attached hydrogens (primary N) is 1. The first kappa shape index (κ1) is 16.3. The zero-order chi connectivity index (χ0) is 17.1. The molecule has 132 valence electrons. The molecule has 6 nitrogen and oxygen atoms in total. The first-order valence-electron chi connectivity index (χ1n) is 9.04. The number of nitrogen functional groups attached to an aromatic ring is 1. The van der Waals surface area contributed by atoms with Crippen LogP contribution in [-0.4, -0.2) is 58.6 Å². The topological polar surface area (TPSA) is 67.5 Å². The van der Waals surface area contributed by atoms with Crippen molar-refractivity contribution in [3.63, 3.8) is 0 Å². The van der Waals surface area contributed by atoms with Gasteiger partial charge in [0.1, 0.15) is 17.7 Å². The third-order valence-corrected chi connectivity index (χ3v) is 4.99. The van der Waals surface area contributed by atoms with E-state index in [2.05, 4.69) is 25.8 Å². The second kappa shape index (κ2) is 7.37. The molecule has 25 heavy (non-hydrogen) atoms. The molecule has 1 saturated heterocycles. The van der Waals surface area contributed by atoms with Crippen molar-refractivity contribution in [3.8, 4) is 0 Å². The van der Waals surface area contributed by atoms with Crippen LogP contribution in [0, 0.1) is 0 Å². The summed E-state index contributed by atoms with van der Waals surface area (Å²) in [5, 5.41) is 0.928. The van der Waals surface area contributed by atoms with Crippen molar-refractivity contribution >= 4 is 16.7 Å². The molecule has 1 fully saturated rings. The fraction of sp³-hybridized carbons (Fsp3) is 0.474. The van der Waals surface area contributed by atoms with E-state index in [1.807, 2.05) is 30.5 Å². The summed E-state index contributed by atoms with van der Waals surface area (Å²) < 4.78 is 5.69. The van der Waals surface area contributed by atoms with Gasteiger partial charge in [0.05, 0.1) is 18.3 Å². The number of fused-ring (bicyclic) bond motifs is 1. The lowest BCUT2D eigenvalue weighted by molar-refractivity contribution is 0.0507. The van der Waals surface area contributed by atoms with Crippen molar-refractivity contribution < 1.29 is 4.74 Å². The van der Waals surface area contributed by atoms with Gasteiger partial charge in [-0.2, -0.15) is 0 Å². The highest BCUT2D eigenvalue weighted by atomic mass is 16.5. The Hall–Kier alpha value is -2.18. The molecular weight excluding hydrogens is 314 g/mol. The molecule has 0 aliphatic carbocycles. The van der Waals surface area contributed by atoms with E-state index in [4.69, 9.17) is 10.5 Å². The third-order valence-electron chi connectivity index (χ3n) is 4.99. The Balaban J connectivity index is 1.33. The summed E-state index contributed by atoms with van der Waals surface area (Å²) in [6, 6.07) is 7.91. The number of aromatic nitrogens is 2. The number of hydrogen-bond acceptors (Lipinski definition) is 6. The molecular formula is C19H25N5O. The minimum Gasteiger partial charge on any atom is -0.497 e. The summed E-state index contributed by atoms with van der Waals surface area (Å²) in [6.07, 6.45) is 6.56. The predicted octanol–water partition coefficient (Wildman–Crippen LogP) is 2.02. The number of para-hydroxylation sites is 1. The molecule has 0 bridgehead atoms. The van der Waals surface area contributed by atoms with Gasteiger partial charge >= 0.3 is 0 Å². The van der Waals surface area contributed by atoms with Crippen LogP contribution in [0.25, 0.3) is 10.9 Å². The highest BCUT2D eigenvalue weighted by Gasteiger charge is 2.22. The second-order valence-electron chi connectivity index (χ2n) is 6.83. The Bertz CT molecular complexity index is 755. The monoisotopic (exact) mass is 339 g/mol. The number of anilines is 1. The maximum Gasteiger partial charge on any atom is 0.145 e. The summed E-state index contributed by atoms with van der Waals surface area (Å²) in [5.74, 6) is 1.38. The van der Waals surface area contributed by atoms with Crippen LogP contribution in [0.1, 0.15) is 18.7 Å². The molecule has 4 rings (SSSR count). The van der Waals surface area contributed by atoms with Crippen molar-refractivity contribution in [2.45, 2.75) is 25.5 Å². The number of ether oxygens (including phenoxy) is 1. The van der Waals surface area contributed by atoms with E-state index in [0.29, 0.717) is 11.9 Å². The molecule has 2 aliphatic heterocycles. The largest absolute Gasteiger partial charge is 0.497 e. The lowest BCUT2D eigenvalue weighted by Crippen LogP contribution is -2.48. The van der Waals surface area contributed by atoms with Crippen LogP contribution < -0.4 is 5.73 Å². The van der Waals surface area contributed by atoms with E-state index in [9.17, 15) is 0 Å². The molecule has 0 unspecified atom stereocenters. The fourth-order valence-corrected chi connectivity index (χ4v) is 3.56. The number of benzene rings is 1. The maximum absolute atomic E-state index is 6.09. The Morgan fingerprint density at radius 1 is 1.08 bits per heavy atom. The number of allylic oxidation sites excluding steroid dienone is 1. The number of nitrogens with zero attached hydrogens (tertiary/aromatic N) is 4. The van der Waals surface area contributed by atoms with E-state index in [1.165, 1.54) is 0 Å². The molecule has 2 aliphatic rings. The van der Waals surface area contributed by atoms with Crippen LogP contribution in [0.3, 0.4) is 0 Å². The number of hydrogen-bond donors (Lipinski definition) is 1. The standard InChI is InChI=1S/C19H25N5O/c20-19-16-6-1-2-7-17(16)21-18(22-19)14-24-10-8-23(9-11-24)13-15-5-3-4-12-25-15/h1-2,4,6-7,12,15H,3,5,8-11,13-14H2,(H2,20,21,22)/t15-/m0/s1. The predicted molar refractivity (Wildman–Crippen MR) is 98.9 cm³/mol. The molecule has 0 saturated carbocycles. The summed E-state index contributed by atoms with van der Waals surface area (Å²) in [5.41, 5.74) is 7.01. The molecule has 1 aromatic carbocycles. The molecule has 1 aromatic heterocycles. The van der Waals surface area contributed by atoms with E-state index in [1.54, 1.807) is 0 Å². The van der Waals surface area contributed by atoms with Crippen LogP contribution in [-0.2, 0) is 11.3 Å². The second-order valence-corrected chi connectivity index (χ2v) is 6.83.